The van der Waals surface area contributed by atoms with Crippen LogP contribution in [0.1, 0.15) is 15.9 Å². The second-order valence-electron chi connectivity index (χ2n) is 6.66. The lowest BCUT2D eigenvalue weighted by Crippen LogP contribution is -2.36. The monoisotopic (exact) mass is 381 g/mol. The highest BCUT2D eigenvalue weighted by Crippen LogP contribution is 2.31. The number of carbonyl (C=O) groups is 1. The fourth-order valence-corrected chi connectivity index (χ4v) is 3.46. The molecular formula is C21H20FN3O3. The highest BCUT2D eigenvalue weighted by atomic mass is 19.1. The summed E-state index contributed by atoms with van der Waals surface area (Å²) >= 11 is 0. The zero-order valence-corrected chi connectivity index (χ0v) is 15.7. The van der Waals surface area contributed by atoms with Gasteiger partial charge in [-0.05, 0) is 42.8 Å². The largest absolute Gasteiger partial charge is 0.465 e. The van der Waals surface area contributed by atoms with Gasteiger partial charge in [0.2, 0.25) is 0 Å². The third-order valence-electron chi connectivity index (χ3n) is 4.97. The van der Waals surface area contributed by atoms with E-state index in [-0.39, 0.29) is 5.56 Å². The highest BCUT2D eigenvalue weighted by Gasteiger charge is 2.18. The molecule has 7 heteroatoms. The number of anilines is 1. The number of benzene rings is 2. The van der Waals surface area contributed by atoms with Crippen molar-refractivity contribution in [3.63, 3.8) is 0 Å². The maximum absolute atomic E-state index is 14.7. The van der Waals surface area contributed by atoms with Crippen molar-refractivity contribution in [2.75, 3.05) is 38.3 Å². The van der Waals surface area contributed by atoms with Gasteiger partial charge in [0.05, 0.1) is 37.1 Å². The van der Waals surface area contributed by atoms with Crippen LogP contribution >= 0.6 is 0 Å². The molecule has 1 saturated heterocycles. The molecule has 144 valence electrons. The Balaban J connectivity index is 1.82. The molecule has 0 amide bonds. The smallest absolute Gasteiger partial charge is 0.338 e. The van der Waals surface area contributed by atoms with E-state index in [0.29, 0.717) is 35.6 Å². The van der Waals surface area contributed by atoms with Crippen molar-refractivity contribution in [3.8, 4) is 11.3 Å². The predicted octanol–water partition coefficient (Wildman–Crippen LogP) is 3.37. The second kappa shape index (κ2) is 7.52. The van der Waals surface area contributed by atoms with E-state index in [0.717, 1.165) is 24.2 Å². The second-order valence-corrected chi connectivity index (χ2v) is 6.66. The minimum Gasteiger partial charge on any atom is -0.465 e. The number of aryl methyl sites for hydroxylation is 1. The number of hydrogen-bond donors (Lipinski definition) is 0. The van der Waals surface area contributed by atoms with Gasteiger partial charge in [-0.25, -0.2) is 19.2 Å². The van der Waals surface area contributed by atoms with Crippen molar-refractivity contribution in [2.45, 2.75) is 6.92 Å². The Morgan fingerprint density at radius 2 is 1.96 bits per heavy atom. The van der Waals surface area contributed by atoms with Gasteiger partial charge in [0, 0.05) is 29.7 Å². The predicted molar refractivity (Wildman–Crippen MR) is 104 cm³/mol. The summed E-state index contributed by atoms with van der Waals surface area (Å²) in [6.07, 6.45) is 1.41. The number of nitrogens with zero attached hydrogens (tertiary/aromatic N) is 3. The first-order valence-electron chi connectivity index (χ1n) is 9.05. The number of aromatic nitrogens is 2. The van der Waals surface area contributed by atoms with Gasteiger partial charge in [0.15, 0.2) is 0 Å². The van der Waals surface area contributed by atoms with Gasteiger partial charge in [-0.3, -0.25) is 0 Å². The molecule has 2 aromatic carbocycles. The van der Waals surface area contributed by atoms with Crippen molar-refractivity contribution in [1.29, 1.82) is 0 Å². The molecule has 0 radical (unpaired) electrons. The lowest BCUT2D eigenvalue weighted by molar-refractivity contribution is 0.0600. The molecule has 1 aliphatic rings. The van der Waals surface area contributed by atoms with E-state index >= 15 is 0 Å². The van der Waals surface area contributed by atoms with Gasteiger partial charge in [-0.2, -0.15) is 0 Å². The van der Waals surface area contributed by atoms with Gasteiger partial charge in [-0.15, -0.1) is 0 Å². The Morgan fingerprint density at radius 1 is 1.18 bits per heavy atom. The van der Waals surface area contributed by atoms with Gasteiger partial charge < -0.3 is 14.4 Å². The van der Waals surface area contributed by atoms with Crippen LogP contribution in [0.4, 0.5) is 10.1 Å². The Hall–Kier alpha value is -3.06. The fourth-order valence-electron chi connectivity index (χ4n) is 3.46. The topological polar surface area (TPSA) is 64.5 Å². The van der Waals surface area contributed by atoms with Crippen LogP contribution in [0.5, 0.6) is 0 Å². The van der Waals surface area contributed by atoms with Gasteiger partial charge >= 0.3 is 5.97 Å². The zero-order chi connectivity index (χ0) is 19.7. The molecular weight excluding hydrogens is 361 g/mol. The summed E-state index contributed by atoms with van der Waals surface area (Å²) in [5, 5.41) is 0.720. The summed E-state index contributed by atoms with van der Waals surface area (Å²) in [5.41, 5.74) is 3.28. The van der Waals surface area contributed by atoms with Crippen molar-refractivity contribution in [2.24, 2.45) is 0 Å². The molecule has 3 aromatic rings. The molecule has 2 heterocycles. The van der Waals surface area contributed by atoms with E-state index < -0.39 is 11.8 Å². The summed E-state index contributed by atoms with van der Waals surface area (Å²) in [6, 6.07) is 8.67. The number of carbonyl (C=O) groups excluding carboxylic acids is 1. The van der Waals surface area contributed by atoms with Crippen LogP contribution in [-0.4, -0.2) is 49.4 Å². The number of hydrogen-bond acceptors (Lipinski definition) is 6. The molecule has 0 aliphatic carbocycles. The Bertz CT molecular complexity index is 1050. The maximum atomic E-state index is 14.7. The third-order valence-corrected chi connectivity index (χ3v) is 4.97. The van der Waals surface area contributed by atoms with Crippen LogP contribution < -0.4 is 4.90 Å². The van der Waals surface area contributed by atoms with E-state index in [9.17, 15) is 9.18 Å². The number of methoxy groups -OCH3 is 1. The van der Waals surface area contributed by atoms with Crippen LogP contribution in [0.15, 0.2) is 36.7 Å². The number of ether oxygens (including phenoxy) is 2. The molecule has 1 aliphatic heterocycles. The molecule has 6 nitrogen and oxygen atoms in total. The number of morpholine rings is 1. The number of fused-ring (bicyclic) bond motifs is 1. The molecule has 1 fully saturated rings. The van der Waals surface area contributed by atoms with Gasteiger partial charge in [0.25, 0.3) is 0 Å². The lowest BCUT2D eigenvalue weighted by atomic mass is 9.99. The van der Waals surface area contributed by atoms with E-state index in [1.807, 2.05) is 18.2 Å². The molecule has 4 rings (SSSR count). The van der Waals surface area contributed by atoms with E-state index in [4.69, 9.17) is 9.47 Å². The van der Waals surface area contributed by atoms with Crippen molar-refractivity contribution in [3.05, 3.63) is 53.6 Å². The van der Waals surface area contributed by atoms with E-state index in [1.54, 1.807) is 6.92 Å². The summed E-state index contributed by atoms with van der Waals surface area (Å²) in [7, 11) is 1.30. The molecule has 1 aromatic heterocycles. The van der Waals surface area contributed by atoms with Crippen LogP contribution in [0, 0.1) is 12.7 Å². The van der Waals surface area contributed by atoms with Crippen LogP contribution in [0.2, 0.25) is 0 Å². The molecule has 0 N–H and O–H groups in total. The van der Waals surface area contributed by atoms with Gasteiger partial charge in [0.1, 0.15) is 12.1 Å². The minimum atomic E-state index is -0.508. The first kappa shape index (κ1) is 18.3. The number of rotatable bonds is 3. The van der Waals surface area contributed by atoms with Crippen molar-refractivity contribution >= 4 is 22.6 Å². The average Bonchev–Trinajstić information content (AvgIpc) is 2.73. The Morgan fingerprint density at radius 3 is 2.71 bits per heavy atom. The summed E-state index contributed by atoms with van der Waals surface area (Å²) in [4.78, 5) is 22.9. The SMILES string of the molecule is COC(=O)c1cc(-c2ncnc3cc(N4CCOCC4)ccc23)c(F)cc1C. The molecule has 0 atom stereocenters. The third kappa shape index (κ3) is 3.29. The summed E-state index contributed by atoms with van der Waals surface area (Å²) in [5.74, 6) is -0.950. The Kier molecular flexibility index (Phi) is 4.92. The highest BCUT2D eigenvalue weighted by molar-refractivity contribution is 5.97. The quantitative estimate of drug-likeness (QED) is 0.648. The Labute approximate surface area is 161 Å². The van der Waals surface area contributed by atoms with Crippen molar-refractivity contribution < 1.29 is 18.7 Å². The average molecular weight is 381 g/mol. The lowest BCUT2D eigenvalue weighted by Gasteiger charge is -2.29. The fraction of sp³-hybridized carbons (Fsp3) is 0.286. The minimum absolute atomic E-state index is 0.248. The van der Waals surface area contributed by atoms with Crippen molar-refractivity contribution in [1.82, 2.24) is 9.97 Å². The maximum Gasteiger partial charge on any atom is 0.338 e. The van der Waals surface area contributed by atoms with E-state index in [1.165, 1.54) is 25.6 Å². The first-order chi connectivity index (χ1) is 13.6. The van der Waals surface area contributed by atoms with Crippen LogP contribution in [-0.2, 0) is 9.47 Å². The molecule has 0 bridgehead atoms. The number of esters is 1. The summed E-state index contributed by atoms with van der Waals surface area (Å²) in [6.45, 7) is 4.69. The van der Waals surface area contributed by atoms with Gasteiger partial charge in [-0.1, -0.05) is 0 Å². The molecule has 0 saturated carbocycles. The van der Waals surface area contributed by atoms with Crippen LogP contribution in [0.25, 0.3) is 22.2 Å². The molecule has 0 unspecified atom stereocenters. The molecule has 28 heavy (non-hydrogen) atoms. The van der Waals surface area contributed by atoms with E-state index in [2.05, 4.69) is 14.9 Å². The normalized spacial score (nSPS) is 14.3. The molecule has 0 spiro atoms. The van der Waals surface area contributed by atoms with Crippen LogP contribution in [0.3, 0.4) is 0 Å². The summed E-state index contributed by atoms with van der Waals surface area (Å²) < 4.78 is 25.0. The number of halogens is 1. The zero-order valence-electron chi connectivity index (χ0n) is 15.7. The standard InChI is InChI=1S/C21H20FN3O3/c1-13-9-18(22)17(11-16(13)21(26)27-2)20-15-4-3-14(10-19(15)23-12-24-20)25-5-7-28-8-6-25/h3-4,9-12H,5-8H2,1-2H3. The first-order valence-corrected chi connectivity index (χ1v) is 9.05.